The minimum Gasteiger partial charge on any atom is -0.178 e. The highest BCUT2D eigenvalue weighted by molar-refractivity contribution is 8.16. The van der Waals surface area contributed by atoms with Gasteiger partial charge in [0, 0.05) is 38.6 Å². The number of thioether (sulfide) groups is 2. The lowest BCUT2D eigenvalue weighted by Crippen LogP contribution is -2.06. The van der Waals surface area contributed by atoms with Gasteiger partial charge in [0.15, 0.2) is 0 Å². The Morgan fingerprint density at radius 2 is 1.23 bits per heavy atom. The Morgan fingerprint density at radius 3 is 1.54 bits per heavy atom. The van der Waals surface area contributed by atoms with E-state index >= 15 is 0 Å². The van der Waals surface area contributed by atoms with Crippen LogP contribution in [0.15, 0.2) is 0 Å². The molecule has 0 nitrogen and oxygen atoms in total. The van der Waals surface area contributed by atoms with E-state index in [1.165, 1.54) is 0 Å². The summed E-state index contributed by atoms with van der Waals surface area (Å²) in [4.78, 5) is 0. The summed E-state index contributed by atoms with van der Waals surface area (Å²) in [6.07, 6.45) is 0. The lowest BCUT2D eigenvalue weighted by molar-refractivity contribution is 1.16. The largest absolute Gasteiger partial charge is 0.178 e. The van der Waals surface area contributed by atoms with Crippen LogP contribution in [0.4, 0.5) is 0 Å². The molecule has 0 heterocycles. The maximum absolute atomic E-state index is 4.36. The van der Waals surface area contributed by atoms with E-state index in [0.29, 0.717) is 10.5 Å². The fourth-order valence-corrected chi connectivity index (χ4v) is 3.79. The third-order valence-corrected chi connectivity index (χ3v) is 6.50. The average Bonchev–Trinajstić information content (AvgIpc) is 2.16. The van der Waals surface area contributed by atoms with Crippen LogP contribution < -0.4 is 0 Å². The molecule has 0 aliphatic heterocycles. The van der Waals surface area contributed by atoms with Gasteiger partial charge in [0.1, 0.15) is 0 Å². The average molecular weight is 293 g/mol. The van der Waals surface area contributed by atoms with Crippen molar-refractivity contribution < 1.29 is 0 Å². The molecular formula is C7H16S6. The Kier molecular flexibility index (Phi) is 12.3. The van der Waals surface area contributed by atoms with Gasteiger partial charge in [0.25, 0.3) is 0 Å². The van der Waals surface area contributed by atoms with Crippen molar-refractivity contribution >= 4 is 74.0 Å². The molecule has 80 valence electrons. The first kappa shape index (κ1) is 15.1. The minimum absolute atomic E-state index is 0.422. The standard InChI is InChI=1S/C7H16S6/c8-1-6(10)3-12-5-13-4-7(11)2-9/h6-11H,1-5H2. The Morgan fingerprint density at radius 1 is 0.846 bits per heavy atom. The molecule has 0 bridgehead atoms. The molecule has 0 amide bonds. The van der Waals surface area contributed by atoms with Gasteiger partial charge in [0.2, 0.25) is 0 Å². The predicted molar refractivity (Wildman–Crippen MR) is 83.0 cm³/mol. The predicted octanol–water partition coefficient (Wildman–Crippen LogP) is 2.87. The molecule has 2 atom stereocenters. The minimum atomic E-state index is 0.422. The molecule has 0 spiro atoms. The van der Waals surface area contributed by atoms with Crippen LogP contribution >= 0.6 is 74.0 Å². The molecule has 0 saturated carbocycles. The van der Waals surface area contributed by atoms with Crippen LogP contribution in [0.25, 0.3) is 0 Å². The van der Waals surface area contributed by atoms with Crippen molar-refractivity contribution in [3.63, 3.8) is 0 Å². The van der Waals surface area contributed by atoms with E-state index in [1.54, 1.807) is 0 Å². The highest BCUT2D eigenvalue weighted by atomic mass is 32.2. The first-order valence-electron chi connectivity index (χ1n) is 3.94. The molecular weight excluding hydrogens is 276 g/mol. The summed E-state index contributed by atoms with van der Waals surface area (Å²) in [6.45, 7) is 0. The van der Waals surface area contributed by atoms with Gasteiger partial charge in [-0.05, 0) is 0 Å². The van der Waals surface area contributed by atoms with E-state index in [2.05, 4.69) is 50.5 Å². The van der Waals surface area contributed by atoms with Crippen LogP contribution in [0.3, 0.4) is 0 Å². The Bertz CT molecular complexity index is 97.2. The molecule has 13 heavy (non-hydrogen) atoms. The molecule has 0 aromatic rings. The topological polar surface area (TPSA) is 0 Å². The molecule has 0 aromatic heterocycles. The number of hydrogen-bond acceptors (Lipinski definition) is 6. The molecule has 0 aromatic carbocycles. The van der Waals surface area contributed by atoms with E-state index in [9.17, 15) is 0 Å². The summed E-state index contributed by atoms with van der Waals surface area (Å²) in [5.74, 6) is 3.87. The van der Waals surface area contributed by atoms with Crippen LogP contribution in [0.5, 0.6) is 0 Å². The third-order valence-electron chi connectivity index (χ3n) is 1.21. The molecule has 0 saturated heterocycles. The van der Waals surface area contributed by atoms with Gasteiger partial charge in [-0.2, -0.15) is 50.5 Å². The van der Waals surface area contributed by atoms with Crippen LogP contribution in [0, 0.1) is 0 Å². The molecule has 0 fully saturated rings. The first-order valence-corrected chi connectivity index (χ1v) is 8.54. The summed E-state index contributed by atoms with van der Waals surface area (Å²) in [7, 11) is 0. The number of hydrogen-bond donors (Lipinski definition) is 4. The molecule has 0 aliphatic rings. The van der Waals surface area contributed by atoms with Crippen LogP contribution in [-0.2, 0) is 0 Å². The van der Waals surface area contributed by atoms with Crippen LogP contribution in [0.2, 0.25) is 0 Å². The van der Waals surface area contributed by atoms with Gasteiger partial charge in [-0.15, -0.1) is 23.5 Å². The fraction of sp³-hybridized carbons (Fsp3) is 1.00. The Balaban J connectivity index is 3.08. The summed E-state index contributed by atoms with van der Waals surface area (Å²) in [5, 5.41) is 1.96. The lowest BCUT2D eigenvalue weighted by Gasteiger charge is -2.08. The molecule has 0 aliphatic carbocycles. The van der Waals surface area contributed by atoms with Gasteiger partial charge in [0.05, 0.1) is 0 Å². The highest BCUT2D eigenvalue weighted by Crippen LogP contribution is 2.17. The monoisotopic (exact) mass is 292 g/mol. The molecule has 0 rings (SSSR count). The third kappa shape index (κ3) is 10.4. The fourth-order valence-electron chi connectivity index (χ4n) is 0.533. The highest BCUT2D eigenvalue weighted by Gasteiger charge is 2.02. The van der Waals surface area contributed by atoms with Crippen molar-refractivity contribution in [1.82, 2.24) is 0 Å². The van der Waals surface area contributed by atoms with E-state index in [4.69, 9.17) is 0 Å². The summed E-state index contributed by atoms with van der Waals surface area (Å²) in [6, 6.07) is 0. The van der Waals surface area contributed by atoms with Gasteiger partial charge in [-0.25, -0.2) is 0 Å². The van der Waals surface area contributed by atoms with Crippen molar-refractivity contribution in [3.8, 4) is 0 Å². The van der Waals surface area contributed by atoms with E-state index in [1.807, 2.05) is 23.5 Å². The van der Waals surface area contributed by atoms with Gasteiger partial charge < -0.3 is 0 Å². The zero-order valence-electron chi connectivity index (χ0n) is 7.30. The van der Waals surface area contributed by atoms with E-state index < -0.39 is 0 Å². The quantitative estimate of drug-likeness (QED) is 0.309. The van der Waals surface area contributed by atoms with Crippen LogP contribution in [-0.4, -0.2) is 38.6 Å². The van der Waals surface area contributed by atoms with Crippen molar-refractivity contribution in [3.05, 3.63) is 0 Å². The van der Waals surface area contributed by atoms with Crippen LogP contribution in [0.1, 0.15) is 0 Å². The molecule has 2 unspecified atom stereocenters. The van der Waals surface area contributed by atoms with Crippen molar-refractivity contribution in [2.75, 3.05) is 28.1 Å². The van der Waals surface area contributed by atoms with Crippen molar-refractivity contribution in [1.29, 1.82) is 0 Å². The maximum Gasteiger partial charge on any atom is 0.0392 e. The zero-order chi connectivity index (χ0) is 10.1. The zero-order valence-corrected chi connectivity index (χ0v) is 12.5. The van der Waals surface area contributed by atoms with E-state index in [0.717, 1.165) is 28.1 Å². The van der Waals surface area contributed by atoms with Crippen molar-refractivity contribution in [2.24, 2.45) is 0 Å². The molecule has 6 heteroatoms. The Hall–Kier alpha value is 2.10. The maximum atomic E-state index is 4.36. The number of rotatable bonds is 8. The van der Waals surface area contributed by atoms with Crippen molar-refractivity contribution in [2.45, 2.75) is 10.5 Å². The summed E-state index contributed by atoms with van der Waals surface area (Å²) >= 11 is 20.9. The molecule has 0 N–H and O–H groups in total. The second kappa shape index (κ2) is 10.6. The Labute approximate surface area is 112 Å². The normalized spacial score (nSPS) is 15.7. The van der Waals surface area contributed by atoms with Gasteiger partial charge in [-0.3, -0.25) is 0 Å². The van der Waals surface area contributed by atoms with Gasteiger partial charge in [-0.1, -0.05) is 0 Å². The summed E-state index contributed by atoms with van der Waals surface area (Å²) < 4.78 is 0. The van der Waals surface area contributed by atoms with E-state index in [-0.39, 0.29) is 0 Å². The number of thiol groups is 4. The molecule has 0 radical (unpaired) electrons. The van der Waals surface area contributed by atoms with Gasteiger partial charge >= 0.3 is 0 Å². The second-order valence-electron chi connectivity index (χ2n) is 2.53. The summed E-state index contributed by atoms with van der Waals surface area (Å²) in [5.41, 5.74) is 0. The second-order valence-corrected chi connectivity index (χ2v) is 7.15. The first-order chi connectivity index (χ1) is 6.20. The smallest absolute Gasteiger partial charge is 0.0392 e. The lowest BCUT2D eigenvalue weighted by atomic mass is 10.6. The SMILES string of the molecule is SCC(S)CSCSCC(S)CS.